The first-order valence-corrected chi connectivity index (χ1v) is 7.87. The Hall–Kier alpha value is -1.14. The zero-order valence-electron chi connectivity index (χ0n) is 14.4. The minimum absolute atomic E-state index is 0.0665. The van der Waals surface area contributed by atoms with E-state index in [1.165, 1.54) is 0 Å². The van der Waals surface area contributed by atoms with Crippen molar-refractivity contribution in [1.82, 2.24) is 0 Å². The van der Waals surface area contributed by atoms with Gasteiger partial charge < -0.3 is 18.9 Å². The smallest absolute Gasteiger partial charge is 0.209 e. The molecular weight excluding hydrogens is 284 g/mol. The Labute approximate surface area is 132 Å². The van der Waals surface area contributed by atoms with Crippen LogP contribution >= 0.6 is 0 Å². The molecule has 1 aliphatic heterocycles. The van der Waals surface area contributed by atoms with Crippen LogP contribution in [0, 0.1) is 17.8 Å². The third-order valence-electron chi connectivity index (χ3n) is 4.44. The van der Waals surface area contributed by atoms with Gasteiger partial charge in [-0.1, -0.05) is 20.8 Å². The Bertz CT molecular complexity index is 436. The second-order valence-corrected chi connectivity index (χ2v) is 6.35. The summed E-state index contributed by atoms with van der Waals surface area (Å²) in [7, 11) is 4.96. The van der Waals surface area contributed by atoms with E-state index in [9.17, 15) is 0 Å². The van der Waals surface area contributed by atoms with Crippen LogP contribution < -0.4 is 0 Å². The summed E-state index contributed by atoms with van der Waals surface area (Å²) in [6, 6.07) is -0.167. The number of hydrogen-bond acceptors (Lipinski definition) is 6. The highest BCUT2D eigenvalue weighted by Gasteiger charge is 2.47. The van der Waals surface area contributed by atoms with Gasteiger partial charge in [0.15, 0.2) is 0 Å². The molecule has 0 spiro atoms. The Kier molecular flexibility index (Phi) is 5.81. The van der Waals surface area contributed by atoms with Crippen molar-refractivity contribution in [2.24, 2.45) is 27.7 Å². The average molecular weight is 312 g/mol. The van der Waals surface area contributed by atoms with Crippen LogP contribution in [0.2, 0.25) is 0 Å². The molecule has 1 heterocycles. The van der Waals surface area contributed by atoms with Gasteiger partial charge in [-0.3, -0.25) is 0 Å². The molecule has 0 saturated heterocycles. The predicted molar refractivity (Wildman–Crippen MR) is 85.3 cm³/mol. The normalized spacial score (nSPS) is 32.3. The lowest BCUT2D eigenvalue weighted by atomic mass is 9.94. The van der Waals surface area contributed by atoms with Crippen LogP contribution in [0.15, 0.2) is 9.98 Å². The van der Waals surface area contributed by atoms with E-state index in [1.54, 1.807) is 21.3 Å². The minimum Gasteiger partial charge on any atom is -0.483 e. The van der Waals surface area contributed by atoms with Crippen LogP contribution in [0.5, 0.6) is 0 Å². The second kappa shape index (κ2) is 7.42. The largest absolute Gasteiger partial charge is 0.483 e. The van der Waals surface area contributed by atoms with E-state index < -0.39 is 0 Å². The maximum Gasteiger partial charge on any atom is 0.209 e. The molecule has 2 rings (SSSR count). The molecule has 0 aromatic heterocycles. The topological polar surface area (TPSA) is 61.6 Å². The van der Waals surface area contributed by atoms with Gasteiger partial charge in [-0.25, -0.2) is 9.98 Å². The van der Waals surface area contributed by atoms with E-state index in [-0.39, 0.29) is 18.2 Å². The van der Waals surface area contributed by atoms with E-state index in [0.29, 0.717) is 36.3 Å². The first-order valence-electron chi connectivity index (χ1n) is 7.87. The van der Waals surface area contributed by atoms with Crippen molar-refractivity contribution in [3.8, 4) is 0 Å². The van der Waals surface area contributed by atoms with E-state index in [0.717, 1.165) is 6.42 Å². The number of nitrogens with zero attached hydrogens (tertiary/aromatic N) is 2. The monoisotopic (exact) mass is 312 g/mol. The molecule has 0 radical (unpaired) electrons. The predicted octanol–water partition coefficient (Wildman–Crippen LogP) is 2.13. The van der Waals surface area contributed by atoms with Crippen molar-refractivity contribution >= 4 is 11.8 Å². The summed E-state index contributed by atoms with van der Waals surface area (Å²) in [4.78, 5) is 9.51. The van der Waals surface area contributed by atoms with Gasteiger partial charge in [0.25, 0.3) is 0 Å². The van der Waals surface area contributed by atoms with Gasteiger partial charge in [0, 0.05) is 7.11 Å². The average Bonchev–Trinajstić information content (AvgIpc) is 3.30. The molecule has 6 nitrogen and oxygen atoms in total. The summed E-state index contributed by atoms with van der Waals surface area (Å²) in [5.74, 6) is 2.46. The zero-order valence-corrected chi connectivity index (χ0v) is 14.4. The Morgan fingerprint density at radius 3 is 2.14 bits per heavy atom. The number of methoxy groups -OCH3 is 3. The quantitative estimate of drug-likeness (QED) is 0.705. The van der Waals surface area contributed by atoms with E-state index in [2.05, 4.69) is 20.8 Å². The van der Waals surface area contributed by atoms with Gasteiger partial charge in [0.05, 0.1) is 20.3 Å². The molecule has 5 atom stereocenters. The lowest BCUT2D eigenvalue weighted by Gasteiger charge is -2.30. The highest BCUT2D eigenvalue weighted by atomic mass is 16.7. The van der Waals surface area contributed by atoms with Crippen LogP contribution in [-0.4, -0.2) is 58.1 Å². The standard InChI is InChI=1S/C16H28N2O4/c1-9(2)13-15(20-5)18-14(16(17-13)21-6)10(3)11-7-12(11)22-8-19-4/h9-14H,7-8H2,1-6H3/t10-,11+,12-,13-,14+/m1/s1. The fraction of sp³-hybridized carbons (Fsp3) is 0.875. The summed E-state index contributed by atoms with van der Waals surface area (Å²) in [6.07, 6.45) is 1.28. The van der Waals surface area contributed by atoms with Gasteiger partial charge in [-0.2, -0.15) is 0 Å². The van der Waals surface area contributed by atoms with Gasteiger partial charge >= 0.3 is 0 Å². The number of ether oxygens (including phenoxy) is 4. The highest BCUT2D eigenvalue weighted by molar-refractivity contribution is 5.94. The third-order valence-corrected chi connectivity index (χ3v) is 4.44. The lowest BCUT2D eigenvalue weighted by Crippen LogP contribution is -2.40. The maximum atomic E-state index is 5.63. The summed E-state index contributed by atoms with van der Waals surface area (Å²) >= 11 is 0. The van der Waals surface area contributed by atoms with Gasteiger partial charge in [-0.15, -0.1) is 0 Å². The van der Waals surface area contributed by atoms with Crippen LogP contribution in [-0.2, 0) is 18.9 Å². The first kappa shape index (κ1) is 17.2. The minimum atomic E-state index is -0.101. The van der Waals surface area contributed by atoms with Crippen LogP contribution in [0.25, 0.3) is 0 Å². The number of aliphatic imine (C=N–C) groups is 2. The van der Waals surface area contributed by atoms with Gasteiger partial charge in [0.2, 0.25) is 11.8 Å². The fourth-order valence-electron chi connectivity index (χ4n) is 2.99. The molecule has 0 amide bonds. The first-order chi connectivity index (χ1) is 10.5. The molecule has 0 bridgehead atoms. The molecular formula is C16H28N2O4. The molecule has 0 aromatic carbocycles. The van der Waals surface area contributed by atoms with Crippen molar-refractivity contribution in [2.75, 3.05) is 28.1 Å². The molecule has 0 unspecified atom stereocenters. The van der Waals surface area contributed by atoms with E-state index in [4.69, 9.17) is 28.9 Å². The molecule has 1 saturated carbocycles. The van der Waals surface area contributed by atoms with Crippen molar-refractivity contribution < 1.29 is 18.9 Å². The molecule has 1 fully saturated rings. The Morgan fingerprint density at radius 2 is 1.59 bits per heavy atom. The molecule has 22 heavy (non-hydrogen) atoms. The van der Waals surface area contributed by atoms with Crippen molar-refractivity contribution in [3.63, 3.8) is 0 Å². The van der Waals surface area contributed by atoms with Crippen molar-refractivity contribution in [3.05, 3.63) is 0 Å². The van der Waals surface area contributed by atoms with Crippen LogP contribution in [0.3, 0.4) is 0 Å². The summed E-state index contributed by atoms with van der Waals surface area (Å²) in [5.41, 5.74) is 0. The van der Waals surface area contributed by atoms with E-state index in [1.807, 2.05) is 0 Å². The highest BCUT2D eigenvalue weighted by Crippen LogP contribution is 2.43. The van der Waals surface area contributed by atoms with Crippen molar-refractivity contribution in [1.29, 1.82) is 0 Å². The molecule has 1 aliphatic carbocycles. The third kappa shape index (κ3) is 3.60. The maximum absolute atomic E-state index is 5.63. The summed E-state index contributed by atoms with van der Waals surface area (Å²) in [5, 5.41) is 0. The Morgan fingerprint density at radius 1 is 1.00 bits per heavy atom. The summed E-state index contributed by atoms with van der Waals surface area (Å²) in [6.45, 7) is 6.73. The fourth-order valence-corrected chi connectivity index (χ4v) is 2.99. The molecule has 126 valence electrons. The van der Waals surface area contributed by atoms with Crippen LogP contribution in [0.1, 0.15) is 27.2 Å². The second-order valence-electron chi connectivity index (χ2n) is 6.35. The van der Waals surface area contributed by atoms with Crippen LogP contribution in [0.4, 0.5) is 0 Å². The SMILES string of the molecule is COCO[C@@H]1C[C@H]1[C@@H](C)[C@@H]1N=C(OC)[C@@H](C(C)C)N=C1OC. The Balaban J connectivity index is 2.09. The zero-order chi connectivity index (χ0) is 16.3. The molecule has 0 N–H and O–H groups in total. The van der Waals surface area contributed by atoms with Gasteiger partial charge in [0.1, 0.15) is 18.9 Å². The number of hydrogen-bond donors (Lipinski definition) is 0. The molecule has 6 heteroatoms. The lowest BCUT2D eigenvalue weighted by molar-refractivity contribution is -0.0459. The summed E-state index contributed by atoms with van der Waals surface area (Å²) < 4.78 is 21.6. The molecule has 2 aliphatic rings. The van der Waals surface area contributed by atoms with Gasteiger partial charge in [-0.05, 0) is 24.2 Å². The van der Waals surface area contributed by atoms with E-state index >= 15 is 0 Å². The van der Waals surface area contributed by atoms with Crippen molar-refractivity contribution in [2.45, 2.75) is 45.4 Å². The molecule has 0 aromatic rings. The number of rotatable bonds is 6.